The normalized spacial score (nSPS) is 40.5. The molecule has 29 heavy (non-hydrogen) atoms. The molecule has 0 bridgehead atoms. The minimum absolute atomic E-state index is 0.00868. The highest BCUT2D eigenvalue weighted by molar-refractivity contribution is 6.01. The monoisotopic (exact) mass is 390 g/mol. The van der Waals surface area contributed by atoms with Crippen LogP contribution in [0.3, 0.4) is 0 Å². The molecule has 0 N–H and O–H groups in total. The van der Waals surface area contributed by atoms with Gasteiger partial charge in [0.15, 0.2) is 5.78 Å². The first-order valence-electron chi connectivity index (χ1n) is 11.1. The topological polar surface area (TPSA) is 43.4 Å². The average molecular weight is 391 g/mol. The van der Waals surface area contributed by atoms with Crippen LogP contribution in [0, 0.1) is 28.6 Å². The van der Waals surface area contributed by atoms with Gasteiger partial charge < -0.3 is 4.74 Å². The zero-order valence-electron chi connectivity index (χ0n) is 17.4. The molecule has 0 aliphatic heterocycles. The summed E-state index contributed by atoms with van der Waals surface area (Å²) in [6.07, 6.45) is 12.4. The predicted octanol–water partition coefficient (Wildman–Crippen LogP) is 5.52. The first-order valence-corrected chi connectivity index (χ1v) is 11.1. The molecule has 0 heterocycles. The molecule has 0 aromatic heterocycles. The quantitative estimate of drug-likeness (QED) is 0.625. The van der Waals surface area contributed by atoms with E-state index in [4.69, 9.17) is 4.74 Å². The van der Waals surface area contributed by atoms with E-state index >= 15 is 0 Å². The Morgan fingerprint density at radius 3 is 2.62 bits per heavy atom. The summed E-state index contributed by atoms with van der Waals surface area (Å²) >= 11 is 0. The molecule has 0 unspecified atom stereocenters. The van der Waals surface area contributed by atoms with Crippen LogP contribution in [-0.4, -0.2) is 17.9 Å². The number of allylic oxidation sites excluding steroid dienone is 4. The smallest absolute Gasteiger partial charge is 0.338 e. The van der Waals surface area contributed by atoms with Crippen molar-refractivity contribution < 1.29 is 14.3 Å². The van der Waals surface area contributed by atoms with Crippen molar-refractivity contribution in [3.05, 3.63) is 59.7 Å². The maximum atomic E-state index is 12.7. The first-order chi connectivity index (χ1) is 13.9. The van der Waals surface area contributed by atoms with Crippen molar-refractivity contribution in [2.24, 2.45) is 28.6 Å². The van der Waals surface area contributed by atoms with Gasteiger partial charge in [0.25, 0.3) is 0 Å². The van der Waals surface area contributed by atoms with Crippen LogP contribution in [-0.2, 0) is 9.53 Å². The fraction of sp³-hybridized carbons (Fsp3) is 0.538. The van der Waals surface area contributed by atoms with Gasteiger partial charge in [0.05, 0.1) is 5.56 Å². The van der Waals surface area contributed by atoms with E-state index in [0.29, 0.717) is 23.3 Å². The third kappa shape index (κ3) is 2.85. The molecule has 6 atom stereocenters. The second-order valence-electron chi connectivity index (χ2n) is 9.99. The van der Waals surface area contributed by atoms with Gasteiger partial charge in [0.1, 0.15) is 6.10 Å². The maximum Gasteiger partial charge on any atom is 0.338 e. The van der Waals surface area contributed by atoms with Crippen LogP contribution in [0.4, 0.5) is 0 Å². The Balaban J connectivity index is 1.37. The summed E-state index contributed by atoms with van der Waals surface area (Å²) in [5, 5.41) is 0. The Kier molecular flexibility index (Phi) is 4.34. The lowest BCUT2D eigenvalue weighted by Gasteiger charge is -2.56. The highest BCUT2D eigenvalue weighted by Gasteiger charge is 2.59. The molecule has 3 heteroatoms. The number of hydrogen-bond donors (Lipinski definition) is 0. The number of benzene rings is 1. The van der Waals surface area contributed by atoms with Crippen molar-refractivity contribution in [3.8, 4) is 0 Å². The van der Waals surface area contributed by atoms with Crippen LogP contribution in [0.1, 0.15) is 62.7 Å². The Bertz CT molecular complexity index is 898. The van der Waals surface area contributed by atoms with Gasteiger partial charge >= 0.3 is 5.97 Å². The van der Waals surface area contributed by atoms with Crippen LogP contribution in [0.2, 0.25) is 0 Å². The summed E-state index contributed by atoms with van der Waals surface area (Å²) in [4.78, 5) is 24.6. The lowest BCUT2D eigenvalue weighted by atomic mass is 9.48. The fourth-order valence-corrected chi connectivity index (χ4v) is 7.11. The summed E-state index contributed by atoms with van der Waals surface area (Å²) in [7, 11) is 0. The van der Waals surface area contributed by atoms with Crippen LogP contribution >= 0.6 is 0 Å². The molecule has 152 valence electrons. The summed E-state index contributed by atoms with van der Waals surface area (Å²) in [6.45, 7) is 4.70. The SMILES string of the molecule is C[C@@]12CC[C@@H]3[C@H](CCC4=CC(=O)C=C[C@@]43C)[C@H]1CC[C@H]2OC(=O)c1ccccc1. The van der Waals surface area contributed by atoms with Crippen LogP contribution in [0.5, 0.6) is 0 Å². The van der Waals surface area contributed by atoms with E-state index in [9.17, 15) is 9.59 Å². The van der Waals surface area contributed by atoms with Crippen molar-refractivity contribution in [2.45, 2.75) is 58.5 Å². The van der Waals surface area contributed by atoms with Gasteiger partial charge in [-0.25, -0.2) is 4.79 Å². The molecule has 1 aromatic carbocycles. The minimum Gasteiger partial charge on any atom is -0.458 e. The van der Waals surface area contributed by atoms with Gasteiger partial charge in [-0.15, -0.1) is 0 Å². The molecule has 0 radical (unpaired) electrons. The van der Waals surface area contributed by atoms with Crippen LogP contribution in [0.25, 0.3) is 0 Å². The molecule has 0 spiro atoms. The highest BCUT2D eigenvalue weighted by Crippen LogP contribution is 2.64. The maximum absolute atomic E-state index is 12.7. The van der Waals surface area contributed by atoms with E-state index < -0.39 is 0 Å². The zero-order valence-corrected chi connectivity index (χ0v) is 17.4. The molecule has 4 aliphatic rings. The third-order valence-electron chi connectivity index (χ3n) is 8.73. The van der Waals surface area contributed by atoms with Crippen molar-refractivity contribution in [1.82, 2.24) is 0 Å². The predicted molar refractivity (Wildman–Crippen MR) is 112 cm³/mol. The first kappa shape index (κ1) is 18.8. The van der Waals surface area contributed by atoms with E-state index in [0.717, 1.165) is 38.5 Å². The van der Waals surface area contributed by atoms with Gasteiger partial charge in [0.2, 0.25) is 0 Å². The fourth-order valence-electron chi connectivity index (χ4n) is 7.11. The summed E-state index contributed by atoms with van der Waals surface area (Å²) in [5.74, 6) is 1.79. The Morgan fingerprint density at radius 2 is 1.83 bits per heavy atom. The second kappa shape index (κ2) is 6.68. The second-order valence-corrected chi connectivity index (χ2v) is 9.99. The number of rotatable bonds is 2. The van der Waals surface area contributed by atoms with Gasteiger partial charge in [-0.05, 0) is 80.6 Å². The largest absolute Gasteiger partial charge is 0.458 e. The molecule has 3 nitrogen and oxygen atoms in total. The van der Waals surface area contributed by atoms with Crippen molar-refractivity contribution >= 4 is 11.8 Å². The number of ketones is 1. The summed E-state index contributed by atoms with van der Waals surface area (Å²) in [5.41, 5.74) is 2.07. The zero-order chi connectivity index (χ0) is 20.2. The van der Waals surface area contributed by atoms with E-state index in [1.165, 1.54) is 5.57 Å². The lowest BCUT2D eigenvalue weighted by Crippen LogP contribution is -2.51. The van der Waals surface area contributed by atoms with Crippen molar-refractivity contribution in [3.63, 3.8) is 0 Å². The van der Waals surface area contributed by atoms with Gasteiger partial charge in [-0.1, -0.05) is 43.7 Å². The number of carbonyl (C=O) groups excluding carboxylic acids is 2. The molecule has 1 aromatic rings. The molecule has 0 saturated heterocycles. The molecule has 0 amide bonds. The third-order valence-corrected chi connectivity index (χ3v) is 8.73. The molecule has 3 fully saturated rings. The van der Waals surface area contributed by atoms with Crippen molar-refractivity contribution in [2.75, 3.05) is 0 Å². The Morgan fingerprint density at radius 1 is 1.03 bits per heavy atom. The van der Waals surface area contributed by atoms with E-state index in [1.54, 1.807) is 6.08 Å². The van der Waals surface area contributed by atoms with Gasteiger partial charge in [0, 0.05) is 10.8 Å². The van der Waals surface area contributed by atoms with Gasteiger partial charge in [-0.2, -0.15) is 0 Å². The number of ether oxygens (including phenoxy) is 1. The van der Waals surface area contributed by atoms with E-state index in [1.807, 2.05) is 36.4 Å². The number of hydrogen-bond acceptors (Lipinski definition) is 3. The number of esters is 1. The van der Waals surface area contributed by atoms with E-state index in [2.05, 4.69) is 19.9 Å². The molecule has 3 saturated carbocycles. The number of fused-ring (bicyclic) bond motifs is 5. The molecule has 4 aliphatic carbocycles. The molecule has 5 rings (SSSR count). The Hall–Kier alpha value is -2.16. The Labute approximate surface area is 173 Å². The standard InChI is InChI=1S/C26H30O3/c1-25-14-12-19(27)16-18(25)8-9-20-21-10-11-23(26(21,2)15-13-22(20)25)29-24(28)17-6-4-3-5-7-17/h3-7,12,14,16,20-23H,8-11,13,15H2,1-2H3/t20-,21-,22-,23-,25+,26-/m1/s1. The minimum atomic E-state index is -0.186. The van der Waals surface area contributed by atoms with Crippen molar-refractivity contribution in [1.29, 1.82) is 0 Å². The van der Waals surface area contributed by atoms with Crippen LogP contribution < -0.4 is 0 Å². The summed E-state index contributed by atoms with van der Waals surface area (Å²) in [6, 6.07) is 9.36. The van der Waals surface area contributed by atoms with Crippen LogP contribution in [0.15, 0.2) is 54.1 Å². The lowest BCUT2D eigenvalue weighted by molar-refractivity contribution is -0.111. The molecular weight excluding hydrogens is 360 g/mol. The molecular formula is C26H30O3. The summed E-state index contributed by atoms with van der Waals surface area (Å²) < 4.78 is 6.09. The highest BCUT2D eigenvalue weighted by atomic mass is 16.5. The average Bonchev–Trinajstić information content (AvgIpc) is 3.05. The van der Waals surface area contributed by atoms with Gasteiger partial charge in [-0.3, -0.25) is 4.79 Å². The van der Waals surface area contributed by atoms with E-state index in [-0.39, 0.29) is 28.7 Å². The number of carbonyl (C=O) groups is 2.